The Bertz CT molecular complexity index is 225. The molecule has 2 nitrogen and oxygen atoms in total. The van der Waals surface area contributed by atoms with Crippen LogP contribution < -0.4 is 5.32 Å². The van der Waals surface area contributed by atoms with E-state index in [1.807, 2.05) is 0 Å². The second-order valence-corrected chi connectivity index (χ2v) is 6.94. The van der Waals surface area contributed by atoms with Gasteiger partial charge in [0, 0.05) is 32.2 Å². The minimum atomic E-state index is 0.836. The summed E-state index contributed by atoms with van der Waals surface area (Å²) in [6.45, 7) is 5.30. The van der Waals surface area contributed by atoms with Gasteiger partial charge in [-0.3, -0.25) is 0 Å². The first-order valence-corrected chi connectivity index (χ1v) is 8.36. The fraction of sp³-hybridized carbons (Fsp3) is 1.00. The number of rotatable bonds is 8. The highest BCUT2D eigenvalue weighted by atomic mass is 15.1. The highest BCUT2D eigenvalue weighted by Crippen LogP contribution is 2.33. The second-order valence-electron chi connectivity index (χ2n) is 6.94. The maximum Gasteiger partial charge on any atom is 0.0107 e. The summed E-state index contributed by atoms with van der Waals surface area (Å²) in [5.41, 5.74) is 0. The highest BCUT2D eigenvalue weighted by molar-refractivity contribution is 4.83. The van der Waals surface area contributed by atoms with Crippen molar-refractivity contribution in [3.05, 3.63) is 0 Å². The van der Waals surface area contributed by atoms with Gasteiger partial charge in [-0.25, -0.2) is 0 Å². The first-order chi connectivity index (χ1) is 8.90. The van der Waals surface area contributed by atoms with E-state index in [9.17, 15) is 0 Å². The molecule has 2 heteroatoms. The van der Waals surface area contributed by atoms with Crippen LogP contribution in [0.15, 0.2) is 0 Å². The van der Waals surface area contributed by atoms with Gasteiger partial charge in [-0.2, -0.15) is 0 Å². The molecule has 0 atom stereocenters. The van der Waals surface area contributed by atoms with Crippen LogP contribution in [0, 0.1) is 11.8 Å². The molecule has 3 fully saturated rings. The zero-order valence-corrected chi connectivity index (χ0v) is 11.9. The Morgan fingerprint density at radius 2 is 1.39 bits per heavy atom. The van der Waals surface area contributed by atoms with E-state index in [1.165, 1.54) is 84.0 Å². The van der Waals surface area contributed by atoms with Gasteiger partial charge in [-0.15, -0.1) is 0 Å². The second kappa shape index (κ2) is 6.38. The maximum atomic E-state index is 3.80. The van der Waals surface area contributed by atoms with Crippen molar-refractivity contribution in [1.29, 1.82) is 0 Å². The molecule has 0 amide bonds. The summed E-state index contributed by atoms with van der Waals surface area (Å²) >= 11 is 0. The SMILES string of the molecule is C1CCC(NCCN(CC2CC2)CC2CC2)CC1. The highest BCUT2D eigenvalue weighted by Gasteiger charge is 2.28. The standard InChI is InChI=1S/C16H30N2/c1-2-4-16(5-3-1)17-10-11-18(12-14-6-7-14)13-15-8-9-15/h14-17H,1-13H2. The summed E-state index contributed by atoms with van der Waals surface area (Å²) in [7, 11) is 0. The summed E-state index contributed by atoms with van der Waals surface area (Å²) < 4.78 is 0. The monoisotopic (exact) mass is 250 g/mol. The number of nitrogens with zero attached hydrogens (tertiary/aromatic N) is 1. The van der Waals surface area contributed by atoms with Crippen LogP contribution in [0.25, 0.3) is 0 Å². The Kier molecular flexibility index (Phi) is 4.58. The van der Waals surface area contributed by atoms with E-state index in [-0.39, 0.29) is 0 Å². The van der Waals surface area contributed by atoms with Crippen molar-refractivity contribution in [2.75, 3.05) is 26.2 Å². The zero-order valence-electron chi connectivity index (χ0n) is 11.9. The Balaban J connectivity index is 1.32. The molecule has 0 heterocycles. The summed E-state index contributed by atoms with van der Waals surface area (Å²) in [6, 6.07) is 0.836. The molecule has 0 aromatic heterocycles. The van der Waals surface area contributed by atoms with Gasteiger partial charge in [0.1, 0.15) is 0 Å². The Morgan fingerprint density at radius 1 is 0.778 bits per heavy atom. The average molecular weight is 250 g/mol. The average Bonchev–Trinajstić information content (AvgIpc) is 3.26. The predicted octanol–water partition coefficient (Wildman–Crippen LogP) is 3.03. The molecule has 104 valence electrons. The van der Waals surface area contributed by atoms with E-state index in [4.69, 9.17) is 0 Å². The maximum absolute atomic E-state index is 3.80. The molecule has 0 aliphatic heterocycles. The smallest absolute Gasteiger partial charge is 0.0107 e. The molecule has 0 bridgehead atoms. The number of hydrogen-bond acceptors (Lipinski definition) is 2. The van der Waals surface area contributed by atoms with Gasteiger partial charge >= 0.3 is 0 Å². The van der Waals surface area contributed by atoms with Crippen LogP contribution in [0.1, 0.15) is 57.8 Å². The lowest BCUT2D eigenvalue weighted by molar-refractivity contribution is 0.243. The van der Waals surface area contributed by atoms with E-state index in [0.717, 1.165) is 17.9 Å². The van der Waals surface area contributed by atoms with Gasteiger partial charge in [-0.05, 0) is 50.4 Å². The van der Waals surface area contributed by atoms with E-state index in [1.54, 1.807) is 0 Å². The summed E-state index contributed by atoms with van der Waals surface area (Å²) in [4.78, 5) is 2.76. The first kappa shape index (κ1) is 12.9. The van der Waals surface area contributed by atoms with Gasteiger partial charge in [0.15, 0.2) is 0 Å². The van der Waals surface area contributed by atoms with Gasteiger partial charge < -0.3 is 10.2 Å². The molecule has 0 saturated heterocycles. The minimum absolute atomic E-state index is 0.836. The van der Waals surface area contributed by atoms with Crippen molar-refractivity contribution in [1.82, 2.24) is 10.2 Å². The van der Waals surface area contributed by atoms with Crippen molar-refractivity contribution >= 4 is 0 Å². The molecular formula is C16H30N2. The van der Waals surface area contributed by atoms with Crippen LogP contribution in [0.3, 0.4) is 0 Å². The molecule has 0 aromatic rings. The van der Waals surface area contributed by atoms with Gasteiger partial charge in [0.05, 0.1) is 0 Å². The quantitative estimate of drug-likeness (QED) is 0.712. The van der Waals surface area contributed by atoms with Crippen LogP contribution in [0.2, 0.25) is 0 Å². The van der Waals surface area contributed by atoms with Crippen LogP contribution >= 0.6 is 0 Å². The lowest BCUT2D eigenvalue weighted by Crippen LogP contribution is -2.39. The van der Waals surface area contributed by atoms with Crippen LogP contribution in [0.5, 0.6) is 0 Å². The third-order valence-electron chi connectivity index (χ3n) is 4.89. The van der Waals surface area contributed by atoms with Crippen LogP contribution in [-0.2, 0) is 0 Å². The summed E-state index contributed by atoms with van der Waals surface area (Å²) in [5.74, 6) is 2.11. The predicted molar refractivity (Wildman–Crippen MR) is 76.8 cm³/mol. The van der Waals surface area contributed by atoms with E-state index in [0.29, 0.717) is 0 Å². The van der Waals surface area contributed by atoms with Crippen molar-refractivity contribution in [2.24, 2.45) is 11.8 Å². The van der Waals surface area contributed by atoms with Gasteiger partial charge in [0.2, 0.25) is 0 Å². The zero-order chi connectivity index (χ0) is 12.2. The molecular weight excluding hydrogens is 220 g/mol. The Labute approximate surface area is 113 Å². The first-order valence-electron chi connectivity index (χ1n) is 8.36. The molecule has 0 aromatic carbocycles. The van der Waals surface area contributed by atoms with Crippen molar-refractivity contribution in [3.8, 4) is 0 Å². The van der Waals surface area contributed by atoms with Crippen molar-refractivity contribution in [3.63, 3.8) is 0 Å². The lowest BCUT2D eigenvalue weighted by atomic mass is 9.95. The van der Waals surface area contributed by atoms with E-state index >= 15 is 0 Å². The third kappa shape index (κ3) is 4.55. The Morgan fingerprint density at radius 3 is 1.94 bits per heavy atom. The molecule has 3 aliphatic carbocycles. The van der Waals surface area contributed by atoms with Crippen molar-refractivity contribution < 1.29 is 0 Å². The molecule has 1 N–H and O–H groups in total. The summed E-state index contributed by atoms with van der Waals surface area (Å²) in [5, 5.41) is 3.80. The minimum Gasteiger partial charge on any atom is -0.313 e. The fourth-order valence-electron chi connectivity index (χ4n) is 3.32. The van der Waals surface area contributed by atoms with Crippen LogP contribution in [-0.4, -0.2) is 37.1 Å². The molecule has 0 radical (unpaired) electrons. The molecule has 18 heavy (non-hydrogen) atoms. The number of hydrogen-bond donors (Lipinski definition) is 1. The fourth-order valence-corrected chi connectivity index (χ4v) is 3.32. The normalized spacial score (nSPS) is 25.8. The van der Waals surface area contributed by atoms with Gasteiger partial charge in [-0.1, -0.05) is 19.3 Å². The molecule has 0 unspecified atom stereocenters. The molecule has 0 spiro atoms. The number of nitrogens with one attached hydrogen (secondary N) is 1. The van der Waals surface area contributed by atoms with E-state index < -0.39 is 0 Å². The Hall–Kier alpha value is -0.0800. The van der Waals surface area contributed by atoms with Crippen molar-refractivity contribution in [2.45, 2.75) is 63.8 Å². The molecule has 3 aliphatic rings. The topological polar surface area (TPSA) is 15.3 Å². The summed E-state index contributed by atoms with van der Waals surface area (Å²) in [6.07, 6.45) is 13.2. The molecule has 3 rings (SSSR count). The molecule has 3 saturated carbocycles. The third-order valence-corrected chi connectivity index (χ3v) is 4.89. The van der Waals surface area contributed by atoms with Crippen LogP contribution in [0.4, 0.5) is 0 Å². The van der Waals surface area contributed by atoms with E-state index in [2.05, 4.69) is 10.2 Å². The van der Waals surface area contributed by atoms with Gasteiger partial charge in [0.25, 0.3) is 0 Å². The largest absolute Gasteiger partial charge is 0.313 e. The lowest BCUT2D eigenvalue weighted by Gasteiger charge is -2.26.